The van der Waals surface area contributed by atoms with Crippen LogP contribution in [0.15, 0.2) is 29.3 Å². The number of nitrogens with one attached hydrogen (secondary N) is 3. The maximum Gasteiger partial charge on any atom is 0.227 e. The lowest BCUT2D eigenvalue weighted by Gasteiger charge is -2.35. The van der Waals surface area contributed by atoms with Crippen LogP contribution in [0.3, 0.4) is 0 Å². The number of hydrogen-bond donors (Lipinski definition) is 3. The third kappa shape index (κ3) is 7.41. The molecule has 1 aliphatic carbocycles. The molecule has 0 bridgehead atoms. The molecule has 3 N–H and O–H groups in total. The number of halogens is 1. The second-order valence-electron chi connectivity index (χ2n) is 8.26. The molecule has 30 heavy (non-hydrogen) atoms. The van der Waals surface area contributed by atoms with Gasteiger partial charge in [0.15, 0.2) is 5.96 Å². The average molecular weight is 527 g/mol. The number of rotatable bonds is 8. The van der Waals surface area contributed by atoms with Crippen LogP contribution in [0.2, 0.25) is 0 Å². The van der Waals surface area contributed by atoms with E-state index in [9.17, 15) is 4.79 Å². The van der Waals surface area contributed by atoms with Crippen LogP contribution >= 0.6 is 24.0 Å². The summed E-state index contributed by atoms with van der Waals surface area (Å²) in [6, 6.07) is 8.79. The van der Waals surface area contributed by atoms with Crippen molar-refractivity contribution < 1.29 is 4.79 Å². The van der Waals surface area contributed by atoms with Crippen LogP contribution in [-0.2, 0) is 11.3 Å². The van der Waals surface area contributed by atoms with Crippen molar-refractivity contribution in [3.05, 3.63) is 29.8 Å². The molecule has 168 valence electrons. The number of anilines is 1. The van der Waals surface area contributed by atoms with Gasteiger partial charge in [-0.1, -0.05) is 31.9 Å². The third-order valence-corrected chi connectivity index (χ3v) is 6.27. The number of nitrogens with zero attached hydrogens (tertiary/aromatic N) is 2. The van der Waals surface area contributed by atoms with Crippen molar-refractivity contribution in [1.29, 1.82) is 0 Å². The van der Waals surface area contributed by atoms with Crippen molar-refractivity contribution >= 4 is 41.5 Å². The van der Waals surface area contributed by atoms with Crippen LogP contribution in [0.5, 0.6) is 0 Å². The van der Waals surface area contributed by atoms with E-state index in [-0.39, 0.29) is 35.8 Å². The zero-order chi connectivity index (χ0) is 20.5. The fourth-order valence-electron chi connectivity index (χ4n) is 4.21. The van der Waals surface area contributed by atoms with Crippen LogP contribution < -0.4 is 16.0 Å². The predicted octanol–water partition coefficient (Wildman–Crippen LogP) is 3.97. The van der Waals surface area contributed by atoms with Gasteiger partial charge in [0.25, 0.3) is 0 Å². The number of carbonyl (C=O) groups excluding carboxylic acids is 1. The zero-order valence-corrected chi connectivity index (χ0v) is 20.8. The van der Waals surface area contributed by atoms with E-state index in [2.05, 4.69) is 38.8 Å². The molecule has 0 radical (unpaired) electrons. The molecule has 6 nitrogen and oxygen atoms in total. The summed E-state index contributed by atoms with van der Waals surface area (Å²) in [6.45, 7) is 6.13. The fourth-order valence-corrected chi connectivity index (χ4v) is 4.21. The Morgan fingerprint density at radius 1 is 1.17 bits per heavy atom. The smallest absolute Gasteiger partial charge is 0.227 e. The van der Waals surface area contributed by atoms with Crippen molar-refractivity contribution in [3.8, 4) is 0 Å². The maximum absolute atomic E-state index is 12.2. The summed E-state index contributed by atoms with van der Waals surface area (Å²) in [7, 11) is 1.81. The Balaban J connectivity index is 0.00000320. The van der Waals surface area contributed by atoms with Gasteiger partial charge in [-0.05, 0) is 56.3 Å². The molecule has 0 aromatic heterocycles. The van der Waals surface area contributed by atoms with E-state index in [0.717, 1.165) is 49.2 Å². The van der Waals surface area contributed by atoms with Crippen LogP contribution in [0.25, 0.3) is 0 Å². The Labute approximate surface area is 198 Å². The lowest BCUT2D eigenvalue weighted by molar-refractivity contribution is -0.122. The molecule has 1 unspecified atom stereocenters. The monoisotopic (exact) mass is 527 g/mol. The minimum absolute atomic E-state index is 0. The van der Waals surface area contributed by atoms with Gasteiger partial charge in [0.05, 0.1) is 0 Å². The van der Waals surface area contributed by atoms with E-state index in [1.807, 2.05) is 18.2 Å². The number of benzene rings is 1. The van der Waals surface area contributed by atoms with Gasteiger partial charge in [-0.3, -0.25) is 14.7 Å². The lowest BCUT2D eigenvalue weighted by atomic mass is 9.85. The van der Waals surface area contributed by atoms with Gasteiger partial charge in [0, 0.05) is 44.3 Å². The molecule has 1 heterocycles. The number of guanidine groups is 1. The van der Waals surface area contributed by atoms with Crippen molar-refractivity contribution in [2.75, 3.05) is 32.0 Å². The molecule has 1 atom stereocenters. The van der Waals surface area contributed by atoms with Gasteiger partial charge >= 0.3 is 0 Å². The summed E-state index contributed by atoms with van der Waals surface area (Å²) in [5.41, 5.74) is 2.00. The van der Waals surface area contributed by atoms with Gasteiger partial charge < -0.3 is 16.0 Å². The SMILES string of the molecule is CCC1CCCCN1CCNC(=NC)NCc1cccc(NC(=O)C2CCC2)c1.I. The Bertz CT molecular complexity index is 692. The number of amides is 1. The second kappa shape index (κ2) is 13.1. The summed E-state index contributed by atoms with van der Waals surface area (Å²) in [4.78, 5) is 19.1. The molecule has 1 saturated carbocycles. The highest BCUT2D eigenvalue weighted by Gasteiger charge is 2.25. The summed E-state index contributed by atoms with van der Waals surface area (Å²) in [5, 5.41) is 9.87. The van der Waals surface area contributed by atoms with E-state index >= 15 is 0 Å². The summed E-state index contributed by atoms with van der Waals surface area (Å²) >= 11 is 0. The lowest BCUT2D eigenvalue weighted by Crippen LogP contribution is -2.45. The Kier molecular flexibility index (Phi) is 10.9. The van der Waals surface area contributed by atoms with Gasteiger partial charge in [0.1, 0.15) is 0 Å². The summed E-state index contributed by atoms with van der Waals surface area (Å²) in [6.07, 6.45) is 8.46. The number of likely N-dealkylation sites (tertiary alicyclic amines) is 1. The quantitative estimate of drug-likeness (QED) is 0.272. The van der Waals surface area contributed by atoms with E-state index in [1.54, 1.807) is 7.05 Å². The van der Waals surface area contributed by atoms with E-state index < -0.39 is 0 Å². The van der Waals surface area contributed by atoms with Crippen LogP contribution in [0.1, 0.15) is 57.4 Å². The van der Waals surface area contributed by atoms with E-state index in [4.69, 9.17) is 0 Å². The first-order chi connectivity index (χ1) is 14.2. The van der Waals surface area contributed by atoms with Crippen molar-refractivity contribution in [2.24, 2.45) is 10.9 Å². The Morgan fingerprint density at radius 2 is 2.00 bits per heavy atom. The first kappa shape index (κ1) is 24.9. The minimum Gasteiger partial charge on any atom is -0.355 e. The van der Waals surface area contributed by atoms with Crippen molar-refractivity contribution in [2.45, 2.75) is 64.5 Å². The van der Waals surface area contributed by atoms with Crippen molar-refractivity contribution in [1.82, 2.24) is 15.5 Å². The molecule has 1 saturated heterocycles. The topological polar surface area (TPSA) is 68.8 Å². The zero-order valence-electron chi connectivity index (χ0n) is 18.5. The number of piperidine rings is 1. The van der Waals surface area contributed by atoms with Crippen LogP contribution in [0, 0.1) is 5.92 Å². The average Bonchev–Trinajstić information content (AvgIpc) is 2.69. The first-order valence-electron chi connectivity index (χ1n) is 11.3. The summed E-state index contributed by atoms with van der Waals surface area (Å²) in [5.74, 6) is 1.17. The van der Waals surface area contributed by atoms with Crippen LogP contribution in [-0.4, -0.2) is 49.5 Å². The van der Waals surface area contributed by atoms with Crippen LogP contribution in [0.4, 0.5) is 5.69 Å². The molecule has 1 aliphatic heterocycles. The minimum atomic E-state index is 0. The normalized spacial score (nSPS) is 20.1. The molecule has 2 aliphatic rings. The van der Waals surface area contributed by atoms with Gasteiger partial charge in [-0.2, -0.15) is 0 Å². The highest BCUT2D eigenvalue weighted by Crippen LogP contribution is 2.27. The highest BCUT2D eigenvalue weighted by atomic mass is 127. The molecule has 1 amide bonds. The van der Waals surface area contributed by atoms with Gasteiger partial charge in [0.2, 0.25) is 5.91 Å². The van der Waals surface area contributed by atoms with Crippen molar-refractivity contribution in [3.63, 3.8) is 0 Å². The first-order valence-corrected chi connectivity index (χ1v) is 11.3. The molecular weight excluding hydrogens is 489 g/mol. The summed E-state index contributed by atoms with van der Waals surface area (Å²) < 4.78 is 0. The molecule has 2 fully saturated rings. The fraction of sp³-hybridized carbons (Fsp3) is 0.652. The second-order valence-corrected chi connectivity index (χ2v) is 8.26. The molecule has 1 aromatic carbocycles. The number of aliphatic imine (C=N–C) groups is 1. The molecule has 3 rings (SSSR count). The molecule has 7 heteroatoms. The molecular formula is C23H38IN5O. The van der Waals surface area contributed by atoms with E-state index in [1.165, 1.54) is 38.6 Å². The van der Waals surface area contributed by atoms with Gasteiger partial charge in [-0.25, -0.2) is 0 Å². The van der Waals surface area contributed by atoms with E-state index in [0.29, 0.717) is 6.54 Å². The highest BCUT2D eigenvalue weighted by molar-refractivity contribution is 14.0. The molecule has 1 aromatic rings. The predicted molar refractivity (Wildman–Crippen MR) is 136 cm³/mol. The molecule has 0 spiro atoms. The largest absolute Gasteiger partial charge is 0.355 e. The Morgan fingerprint density at radius 3 is 2.70 bits per heavy atom. The number of hydrogen-bond acceptors (Lipinski definition) is 3. The third-order valence-electron chi connectivity index (χ3n) is 6.27. The Hall–Kier alpha value is -1.35. The number of carbonyl (C=O) groups is 1. The maximum atomic E-state index is 12.2. The standard InChI is InChI=1S/C23H37N5O.HI/c1-3-21-12-4-5-14-28(21)15-13-25-23(24-2)26-17-18-8-6-11-20(16-18)27-22(29)19-9-7-10-19;/h6,8,11,16,19,21H,3-5,7,9-10,12-15,17H2,1-2H3,(H,27,29)(H2,24,25,26);1H. The van der Waals surface area contributed by atoms with Gasteiger partial charge in [-0.15, -0.1) is 24.0 Å².